The van der Waals surface area contributed by atoms with Crippen LogP contribution in [-0.2, 0) is 4.79 Å². The number of likely N-dealkylation sites (tertiary alicyclic amines) is 1. The van der Waals surface area contributed by atoms with Crippen LogP contribution in [0.2, 0.25) is 0 Å². The number of carbonyl (C=O) groups is 2. The van der Waals surface area contributed by atoms with Crippen molar-refractivity contribution in [2.24, 2.45) is 0 Å². The zero-order valence-electron chi connectivity index (χ0n) is 17.3. The van der Waals surface area contributed by atoms with Gasteiger partial charge in [-0.1, -0.05) is 12.1 Å². The van der Waals surface area contributed by atoms with E-state index in [1.54, 1.807) is 4.90 Å². The van der Waals surface area contributed by atoms with E-state index in [9.17, 15) is 9.59 Å². The van der Waals surface area contributed by atoms with E-state index >= 15 is 0 Å². The molecule has 0 saturated carbocycles. The summed E-state index contributed by atoms with van der Waals surface area (Å²) in [6.07, 6.45) is 1.56. The standard InChI is InChI=1S/C21H33N3O3/c1-6-23(7-2)21(26)22-18-10-12-24(13-11-18)19(25)14-27-20-16(4)9-8-15(3)17(20)5/h8-9,18H,6-7,10-14H2,1-5H3,(H,22,26). The summed E-state index contributed by atoms with van der Waals surface area (Å²) in [6.45, 7) is 12.8. The van der Waals surface area contributed by atoms with E-state index in [2.05, 4.69) is 11.4 Å². The van der Waals surface area contributed by atoms with Crippen molar-refractivity contribution in [3.63, 3.8) is 0 Å². The van der Waals surface area contributed by atoms with E-state index < -0.39 is 0 Å². The average molecular weight is 376 g/mol. The molecule has 0 unspecified atom stereocenters. The molecule has 6 nitrogen and oxygen atoms in total. The number of hydrogen-bond donors (Lipinski definition) is 1. The number of hydrogen-bond acceptors (Lipinski definition) is 3. The first-order valence-electron chi connectivity index (χ1n) is 9.90. The molecule has 6 heteroatoms. The highest BCUT2D eigenvalue weighted by atomic mass is 16.5. The first-order chi connectivity index (χ1) is 12.9. The molecular formula is C21H33N3O3. The van der Waals surface area contributed by atoms with Gasteiger partial charge in [-0.2, -0.15) is 0 Å². The lowest BCUT2D eigenvalue weighted by molar-refractivity contribution is -0.134. The number of urea groups is 1. The molecule has 1 aromatic rings. The number of nitrogens with zero attached hydrogens (tertiary/aromatic N) is 2. The van der Waals surface area contributed by atoms with Gasteiger partial charge in [0.1, 0.15) is 5.75 Å². The number of amides is 3. The summed E-state index contributed by atoms with van der Waals surface area (Å²) in [4.78, 5) is 28.3. The van der Waals surface area contributed by atoms with Crippen molar-refractivity contribution in [1.29, 1.82) is 0 Å². The Kier molecular flexibility index (Phi) is 7.51. The monoisotopic (exact) mass is 375 g/mol. The smallest absolute Gasteiger partial charge is 0.317 e. The molecule has 150 valence electrons. The molecule has 1 aliphatic heterocycles. The molecule has 1 saturated heterocycles. The summed E-state index contributed by atoms with van der Waals surface area (Å²) in [5, 5.41) is 3.08. The Balaban J connectivity index is 1.82. The minimum atomic E-state index is -0.0153. The van der Waals surface area contributed by atoms with E-state index in [0.29, 0.717) is 26.2 Å². The highest BCUT2D eigenvalue weighted by molar-refractivity contribution is 5.78. The van der Waals surface area contributed by atoms with Gasteiger partial charge in [0, 0.05) is 32.2 Å². The van der Waals surface area contributed by atoms with Gasteiger partial charge >= 0.3 is 6.03 Å². The van der Waals surface area contributed by atoms with Crippen LogP contribution in [0, 0.1) is 20.8 Å². The summed E-state index contributed by atoms with van der Waals surface area (Å²) in [6, 6.07) is 4.20. The summed E-state index contributed by atoms with van der Waals surface area (Å²) >= 11 is 0. The Hall–Kier alpha value is -2.24. The van der Waals surface area contributed by atoms with Gasteiger partial charge in [-0.15, -0.1) is 0 Å². The lowest BCUT2D eigenvalue weighted by Gasteiger charge is -2.33. The van der Waals surface area contributed by atoms with Gasteiger partial charge in [-0.05, 0) is 64.2 Å². The van der Waals surface area contributed by atoms with Crippen molar-refractivity contribution in [1.82, 2.24) is 15.1 Å². The molecule has 0 spiro atoms. The number of aryl methyl sites for hydroxylation is 2. The Morgan fingerprint density at radius 2 is 1.70 bits per heavy atom. The molecule has 0 bridgehead atoms. The summed E-state index contributed by atoms with van der Waals surface area (Å²) in [5.41, 5.74) is 3.29. The third-order valence-corrected chi connectivity index (χ3v) is 5.44. The van der Waals surface area contributed by atoms with E-state index in [4.69, 9.17) is 4.74 Å². The Morgan fingerprint density at radius 3 is 2.30 bits per heavy atom. The minimum absolute atomic E-state index is 0.00354. The second-order valence-electron chi connectivity index (χ2n) is 7.22. The fourth-order valence-corrected chi connectivity index (χ4v) is 3.42. The van der Waals surface area contributed by atoms with Gasteiger partial charge in [0.15, 0.2) is 6.61 Å². The summed E-state index contributed by atoms with van der Waals surface area (Å²) in [7, 11) is 0. The van der Waals surface area contributed by atoms with Crippen LogP contribution in [0.25, 0.3) is 0 Å². The number of benzene rings is 1. The molecular weight excluding hydrogens is 342 g/mol. The van der Waals surface area contributed by atoms with Crippen molar-refractivity contribution >= 4 is 11.9 Å². The third-order valence-electron chi connectivity index (χ3n) is 5.44. The zero-order chi connectivity index (χ0) is 20.0. The topological polar surface area (TPSA) is 61.9 Å². The van der Waals surface area contributed by atoms with Crippen LogP contribution < -0.4 is 10.1 Å². The molecule has 0 atom stereocenters. The normalized spacial score (nSPS) is 14.8. The third kappa shape index (κ3) is 5.37. The van der Waals surface area contributed by atoms with Crippen molar-refractivity contribution in [2.75, 3.05) is 32.8 Å². The second kappa shape index (κ2) is 9.62. The molecule has 1 aromatic carbocycles. The molecule has 0 aromatic heterocycles. The molecule has 1 aliphatic rings. The van der Waals surface area contributed by atoms with Crippen LogP contribution in [0.15, 0.2) is 12.1 Å². The highest BCUT2D eigenvalue weighted by Crippen LogP contribution is 2.25. The predicted molar refractivity (Wildman–Crippen MR) is 107 cm³/mol. The van der Waals surface area contributed by atoms with Gasteiger partial charge in [-0.3, -0.25) is 4.79 Å². The highest BCUT2D eigenvalue weighted by Gasteiger charge is 2.25. The van der Waals surface area contributed by atoms with Gasteiger partial charge in [-0.25, -0.2) is 4.79 Å². The van der Waals surface area contributed by atoms with E-state index in [-0.39, 0.29) is 24.6 Å². The number of piperidine rings is 1. The molecule has 1 fully saturated rings. The maximum absolute atomic E-state index is 12.5. The first-order valence-corrected chi connectivity index (χ1v) is 9.90. The molecule has 27 heavy (non-hydrogen) atoms. The Labute approximate surface area is 162 Å². The molecule has 3 amide bonds. The van der Waals surface area contributed by atoms with E-state index in [1.807, 2.05) is 45.6 Å². The SMILES string of the molecule is CCN(CC)C(=O)NC1CCN(C(=O)COc2c(C)ccc(C)c2C)CC1. The average Bonchev–Trinajstić information content (AvgIpc) is 2.66. The van der Waals surface area contributed by atoms with Crippen LogP contribution in [-0.4, -0.2) is 60.6 Å². The van der Waals surface area contributed by atoms with Gasteiger partial charge in [0.05, 0.1) is 0 Å². The number of nitrogens with one attached hydrogen (secondary N) is 1. The largest absolute Gasteiger partial charge is 0.483 e. The van der Waals surface area contributed by atoms with E-state index in [0.717, 1.165) is 35.3 Å². The molecule has 1 heterocycles. The van der Waals surface area contributed by atoms with Crippen molar-refractivity contribution < 1.29 is 14.3 Å². The molecule has 0 aliphatic carbocycles. The van der Waals surface area contributed by atoms with Crippen LogP contribution in [0.4, 0.5) is 4.79 Å². The molecule has 0 radical (unpaired) electrons. The maximum Gasteiger partial charge on any atom is 0.317 e. The Morgan fingerprint density at radius 1 is 1.11 bits per heavy atom. The number of rotatable bonds is 6. The quantitative estimate of drug-likeness (QED) is 0.831. The van der Waals surface area contributed by atoms with Crippen molar-refractivity contribution in [2.45, 2.75) is 53.5 Å². The van der Waals surface area contributed by atoms with Crippen LogP contribution in [0.5, 0.6) is 5.75 Å². The summed E-state index contributed by atoms with van der Waals surface area (Å²) in [5.74, 6) is 0.813. The van der Waals surface area contributed by atoms with Gasteiger partial charge < -0.3 is 19.9 Å². The predicted octanol–water partition coefficient (Wildman–Crippen LogP) is 3.03. The Bertz CT molecular complexity index is 663. The maximum atomic E-state index is 12.5. The second-order valence-corrected chi connectivity index (χ2v) is 7.22. The number of carbonyl (C=O) groups excluding carboxylic acids is 2. The molecule has 2 rings (SSSR count). The van der Waals surface area contributed by atoms with Gasteiger partial charge in [0.2, 0.25) is 0 Å². The number of ether oxygens (including phenoxy) is 1. The van der Waals surface area contributed by atoms with Crippen LogP contribution >= 0.6 is 0 Å². The fourth-order valence-electron chi connectivity index (χ4n) is 3.42. The van der Waals surface area contributed by atoms with Crippen LogP contribution in [0.1, 0.15) is 43.4 Å². The first kappa shape index (κ1) is 21.1. The lowest BCUT2D eigenvalue weighted by Crippen LogP contribution is -2.50. The van der Waals surface area contributed by atoms with E-state index in [1.165, 1.54) is 0 Å². The van der Waals surface area contributed by atoms with Crippen molar-refractivity contribution in [3.05, 3.63) is 28.8 Å². The van der Waals surface area contributed by atoms with Gasteiger partial charge in [0.25, 0.3) is 5.91 Å². The lowest BCUT2D eigenvalue weighted by atomic mass is 10.0. The van der Waals surface area contributed by atoms with Crippen molar-refractivity contribution in [3.8, 4) is 5.75 Å². The van der Waals surface area contributed by atoms with Crippen LogP contribution in [0.3, 0.4) is 0 Å². The fraction of sp³-hybridized carbons (Fsp3) is 0.619. The minimum Gasteiger partial charge on any atom is -0.483 e. The molecule has 1 N–H and O–H groups in total. The zero-order valence-corrected chi connectivity index (χ0v) is 17.3. The summed E-state index contributed by atoms with van der Waals surface area (Å²) < 4.78 is 5.85.